The van der Waals surface area contributed by atoms with E-state index in [2.05, 4.69) is 0 Å². The van der Waals surface area contributed by atoms with Gasteiger partial charge in [0.15, 0.2) is 11.6 Å². The lowest BCUT2D eigenvalue weighted by Crippen LogP contribution is -2.04. The van der Waals surface area contributed by atoms with Crippen molar-refractivity contribution in [1.82, 2.24) is 0 Å². The fraction of sp³-hybridized carbons (Fsp3) is 0.0833. The molecule has 0 saturated carbocycles. The molecule has 1 aliphatic heterocycles. The molecule has 0 aliphatic carbocycles. The third-order valence-electron chi connectivity index (χ3n) is 2.64. The summed E-state index contributed by atoms with van der Waals surface area (Å²) in [6, 6.07) is 4.31. The summed E-state index contributed by atoms with van der Waals surface area (Å²) in [6.45, 7) is 0.171. The number of benzene rings is 1. The Morgan fingerprint density at radius 2 is 2.22 bits per heavy atom. The van der Waals surface area contributed by atoms with Gasteiger partial charge < -0.3 is 9.84 Å². The molecular weight excluding hydrogens is 279 g/mol. The van der Waals surface area contributed by atoms with Crippen LogP contribution in [0.15, 0.2) is 18.2 Å². The first-order valence-electron chi connectivity index (χ1n) is 5.04. The van der Waals surface area contributed by atoms with E-state index in [1.807, 2.05) is 0 Å². The monoisotopic (exact) mass is 284 g/mol. The molecule has 0 atom stereocenters. The molecule has 3 nitrogen and oxygen atoms in total. The van der Waals surface area contributed by atoms with Gasteiger partial charge in [0.1, 0.15) is 11.5 Å². The maximum absolute atomic E-state index is 13.7. The zero-order valence-electron chi connectivity index (χ0n) is 8.87. The number of fused-ring (bicyclic) bond motifs is 3. The Morgan fingerprint density at radius 3 is 2.94 bits per heavy atom. The fourth-order valence-corrected chi connectivity index (χ4v) is 3.12. The summed E-state index contributed by atoms with van der Waals surface area (Å²) in [5.41, 5.74) is 1.25. The number of ether oxygens (including phenoxy) is 1. The smallest absolute Gasteiger partial charge is 0.345 e. The Balaban J connectivity index is 2.24. The number of carbonyl (C=O) groups is 1. The molecule has 0 bridgehead atoms. The van der Waals surface area contributed by atoms with Gasteiger partial charge in [0.2, 0.25) is 0 Å². The zero-order valence-corrected chi connectivity index (χ0v) is 10.4. The summed E-state index contributed by atoms with van der Waals surface area (Å²) in [5, 5.41) is 9.22. The Kier molecular flexibility index (Phi) is 2.53. The molecule has 92 valence electrons. The van der Waals surface area contributed by atoms with Crippen LogP contribution in [0.2, 0.25) is 5.02 Å². The van der Waals surface area contributed by atoms with Gasteiger partial charge in [-0.25, -0.2) is 9.18 Å². The van der Waals surface area contributed by atoms with Gasteiger partial charge in [-0.15, -0.1) is 11.3 Å². The Labute approximate surface area is 110 Å². The van der Waals surface area contributed by atoms with Gasteiger partial charge in [0, 0.05) is 21.0 Å². The second kappa shape index (κ2) is 3.96. The Morgan fingerprint density at radius 1 is 1.44 bits per heavy atom. The summed E-state index contributed by atoms with van der Waals surface area (Å²) in [4.78, 5) is 11.8. The van der Waals surface area contributed by atoms with Crippen LogP contribution in [0.25, 0.3) is 10.4 Å². The fourth-order valence-electron chi connectivity index (χ4n) is 1.89. The van der Waals surface area contributed by atoms with Crippen molar-refractivity contribution in [3.63, 3.8) is 0 Å². The van der Waals surface area contributed by atoms with Gasteiger partial charge in [-0.2, -0.15) is 0 Å². The van der Waals surface area contributed by atoms with Gasteiger partial charge in [0.25, 0.3) is 0 Å². The van der Waals surface area contributed by atoms with E-state index in [9.17, 15) is 9.18 Å². The molecule has 0 spiro atoms. The molecule has 2 aromatic rings. The second-order valence-electron chi connectivity index (χ2n) is 3.82. The summed E-state index contributed by atoms with van der Waals surface area (Å²) < 4.78 is 19.0. The van der Waals surface area contributed by atoms with Crippen LogP contribution in [0.4, 0.5) is 4.39 Å². The highest BCUT2D eigenvalue weighted by Gasteiger charge is 2.25. The first kappa shape index (κ1) is 11.5. The van der Waals surface area contributed by atoms with E-state index >= 15 is 0 Å². The largest absolute Gasteiger partial charge is 0.485 e. The predicted molar refractivity (Wildman–Crippen MR) is 66.0 cm³/mol. The van der Waals surface area contributed by atoms with Crippen LogP contribution in [-0.4, -0.2) is 11.1 Å². The summed E-state index contributed by atoms with van der Waals surface area (Å²) >= 11 is 6.91. The lowest BCUT2D eigenvalue weighted by atomic mass is 10.1. The lowest BCUT2D eigenvalue weighted by molar-refractivity contribution is 0.0702. The molecule has 0 radical (unpaired) electrons. The summed E-state index contributed by atoms with van der Waals surface area (Å²) in [5.74, 6) is -1.41. The number of thiophene rings is 1. The highest BCUT2D eigenvalue weighted by atomic mass is 35.5. The lowest BCUT2D eigenvalue weighted by Gasteiger charge is -2.18. The first-order chi connectivity index (χ1) is 8.56. The van der Waals surface area contributed by atoms with Crippen molar-refractivity contribution < 1.29 is 19.0 Å². The molecule has 1 aromatic heterocycles. The topological polar surface area (TPSA) is 46.5 Å². The Bertz CT molecular complexity index is 666. The van der Waals surface area contributed by atoms with Crippen LogP contribution < -0.4 is 4.74 Å². The number of carboxylic acids is 1. The standard InChI is InChI=1S/C12H6ClFO3S/c13-6-2-7-10(8(14)3-6)17-4-5-1-9(12(15)16)18-11(5)7/h1-3H,4H2,(H,15,16). The highest BCUT2D eigenvalue weighted by molar-refractivity contribution is 7.17. The van der Waals surface area contributed by atoms with Crippen LogP contribution in [0.1, 0.15) is 15.2 Å². The van der Waals surface area contributed by atoms with Gasteiger partial charge in [-0.3, -0.25) is 0 Å². The second-order valence-corrected chi connectivity index (χ2v) is 5.31. The third-order valence-corrected chi connectivity index (χ3v) is 4.06. The van der Waals surface area contributed by atoms with Gasteiger partial charge in [0.05, 0.1) is 0 Å². The van der Waals surface area contributed by atoms with E-state index in [1.54, 1.807) is 12.1 Å². The summed E-state index contributed by atoms with van der Waals surface area (Å²) in [6.07, 6.45) is 0. The van der Waals surface area contributed by atoms with Gasteiger partial charge >= 0.3 is 5.97 Å². The van der Waals surface area contributed by atoms with Crippen molar-refractivity contribution >= 4 is 28.9 Å². The molecule has 1 N–H and O–H groups in total. The third kappa shape index (κ3) is 1.67. The molecule has 2 heterocycles. The minimum absolute atomic E-state index is 0.130. The average molecular weight is 285 g/mol. The molecule has 1 aliphatic rings. The van der Waals surface area contributed by atoms with E-state index in [-0.39, 0.29) is 22.3 Å². The minimum Gasteiger partial charge on any atom is -0.485 e. The van der Waals surface area contributed by atoms with Crippen molar-refractivity contribution in [3.8, 4) is 16.2 Å². The van der Waals surface area contributed by atoms with Crippen LogP contribution in [-0.2, 0) is 6.61 Å². The molecule has 0 amide bonds. The predicted octanol–water partition coefficient (Wildman–Crippen LogP) is 3.80. The van der Waals surface area contributed by atoms with Gasteiger partial charge in [-0.1, -0.05) is 11.6 Å². The van der Waals surface area contributed by atoms with Crippen LogP contribution in [0.3, 0.4) is 0 Å². The number of aromatic carboxylic acids is 1. The molecular formula is C12H6ClFO3S. The SMILES string of the molecule is O=C(O)c1cc2c(s1)-c1cc(Cl)cc(F)c1OC2. The van der Waals surface area contributed by atoms with Crippen molar-refractivity contribution in [2.24, 2.45) is 0 Å². The number of rotatable bonds is 1. The van der Waals surface area contributed by atoms with E-state index in [0.717, 1.165) is 16.9 Å². The normalized spacial score (nSPS) is 12.6. The molecule has 0 fully saturated rings. The van der Waals surface area contributed by atoms with Crippen molar-refractivity contribution in [2.45, 2.75) is 6.61 Å². The van der Waals surface area contributed by atoms with Crippen molar-refractivity contribution in [2.75, 3.05) is 0 Å². The number of carboxylic acid groups (broad SMARTS) is 1. The molecule has 0 saturated heterocycles. The average Bonchev–Trinajstić information content (AvgIpc) is 2.72. The zero-order chi connectivity index (χ0) is 12.9. The molecule has 1 aromatic carbocycles. The molecule has 18 heavy (non-hydrogen) atoms. The Hall–Kier alpha value is -1.59. The quantitative estimate of drug-likeness (QED) is 0.866. The van der Waals surface area contributed by atoms with E-state index in [4.69, 9.17) is 21.4 Å². The van der Waals surface area contributed by atoms with Gasteiger partial charge in [-0.05, 0) is 18.2 Å². The highest BCUT2D eigenvalue weighted by Crippen LogP contribution is 2.44. The van der Waals surface area contributed by atoms with Crippen LogP contribution >= 0.6 is 22.9 Å². The molecule has 3 rings (SSSR count). The number of halogens is 2. The van der Waals surface area contributed by atoms with E-state index < -0.39 is 11.8 Å². The molecule has 0 unspecified atom stereocenters. The van der Waals surface area contributed by atoms with Crippen molar-refractivity contribution in [3.05, 3.63) is 39.5 Å². The molecule has 6 heteroatoms. The summed E-state index contributed by atoms with van der Waals surface area (Å²) in [7, 11) is 0. The maximum atomic E-state index is 13.7. The number of hydrogen-bond donors (Lipinski definition) is 1. The first-order valence-corrected chi connectivity index (χ1v) is 6.24. The van der Waals surface area contributed by atoms with Crippen molar-refractivity contribution in [1.29, 1.82) is 0 Å². The van der Waals surface area contributed by atoms with E-state index in [0.29, 0.717) is 10.4 Å². The number of hydrogen-bond acceptors (Lipinski definition) is 3. The van der Waals surface area contributed by atoms with Crippen LogP contribution in [0.5, 0.6) is 5.75 Å². The minimum atomic E-state index is -1.00. The van der Waals surface area contributed by atoms with E-state index in [1.165, 1.54) is 6.07 Å². The maximum Gasteiger partial charge on any atom is 0.345 e. The van der Waals surface area contributed by atoms with Crippen LogP contribution in [0, 0.1) is 5.82 Å².